The van der Waals surface area contributed by atoms with E-state index >= 15 is 0 Å². The van der Waals surface area contributed by atoms with E-state index in [1.54, 1.807) is 0 Å². The molecule has 24 nitrogen and oxygen atoms in total. The quantitative estimate of drug-likeness (QED) is 0.0216. The molecule has 2 heterocycles. The Labute approximate surface area is 346 Å². The number of nitrogens with zero attached hydrogens (tertiary/aromatic N) is 8. The van der Waals surface area contributed by atoms with E-state index in [0.717, 1.165) is 23.1 Å². The maximum atomic E-state index is 12.2. The molecule has 6 rings (SSSR count). The molecule has 320 valence electrons. The number of azo groups is 2. The third kappa shape index (κ3) is 12.1. The average Bonchev–Trinajstić information content (AvgIpc) is 4.01. The minimum atomic E-state index is -4.66. The summed E-state index contributed by atoms with van der Waals surface area (Å²) >= 11 is 0. The zero-order valence-electron chi connectivity index (χ0n) is 30.6. The van der Waals surface area contributed by atoms with Crippen molar-refractivity contribution in [2.24, 2.45) is 20.5 Å². The van der Waals surface area contributed by atoms with Crippen LogP contribution in [0, 0.1) is 0 Å². The highest BCUT2D eigenvalue weighted by Gasteiger charge is 2.46. The third-order valence-corrected chi connectivity index (χ3v) is 11.7. The predicted molar refractivity (Wildman–Crippen MR) is 215 cm³/mol. The van der Waals surface area contributed by atoms with Crippen LogP contribution in [0.4, 0.5) is 52.0 Å². The van der Waals surface area contributed by atoms with Gasteiger partial charge in [-0.3, -0.25) is 23.0 Å². The van der Waals surface area contributed by atoms with Crippen molar-refractivity contribution in [1.82, 2.24) is 15.0 Å². The van der Waals surface area contributed by atoms with Crippen molar-refractivity contribution in [1.29, 1.82) is 0 Å². The highest BCUT2D eigenvalue weighted by atomic mass is 32.2. The Morgan fingerprint density at radius 1 is 0.705 bits per heavy atom. The molecule has 1 atom stereocenters. The third-order valence-electron chi connectivity index (χ3n) is 8.03. The molecule has 0 radical (unpaired) electrons. The van der Waals surface area contributed by atoms with E-state index in [2.05, 4.69) is 46.0 Å². The fraction of sp³-hybridized carbons (Fsp3) is 0.152. The van der Waals surface area contributed by atoms with Crippen molar-refractivity contribution in [3.8, 4) is 5.75 Å². The van der Waals surface area contributed by atoms with Crippen LogP contribution in [-0.2, 0) is 40.5 Å². The van der Waals surface area contributed by atoms with Gasteiger partial charge in [0.1, 0.15) is 16.3 Å². The summed E-state index contributed by atoms with van der Waals surface area (Å²) in [4.78, 5) is 25.2. The summed E-state index contributed by atoms with van der Waals surface area (Å²) in [6.07, 6.45) is 0.300. The second-order valence-corrected chi connectivity index (χ2v) is 18.5. The summed E-state index contributed by atoms with van der Waals surface area (Å²) in [6, 6.07) is 18.5. The number of aromatic nitrogens is 3. The van der Waals surface area contributed by atoms with Gasteiger partial charge in [-0.2, -0.15) is 64.0 Å². The number of hydrogen-bond acceptors (Lipinski definition) is 20. The Hall–Kier alpha value is -6.40. The summed E-state index contributed by atoms with van der Waals surface area (Å²) in [5, 5.41) is 20.2. The van der Waals surface area contributed by atoms with Gasteiger partial charge in [-0.25, -0.2) is 0 Å². The first-order valence-corrected chi connectivity index (χ1v) is 23.0. The summed E-state index contributed by atoms with van der Waals surface area (Å²) in [6.45, 7) is -0.461. The molecule has 0 saturated carbocycles. The molecule has 0 spiro atoms. The molecule has 6 N–H and O–H groups in total. The van der Waals surface area contributed by atoms with Crippen LogP contribution in [0.1, 0.15) is 16.8 Å². The Morgan fingerprint density at radius 3 is 1.95 bits per heavy atom. The van der Waals surface area contributed by atoms with E-state index in [-0.39, 0.29) is 82.9 Å². The molecular weight excluding hydrogens is 889 g/mol. The van der Waals surface area contributed by atoms with E-state index in [1.807, 2.05) is 0 Å². The molecule has 0 aliphatic carbocycles. The number of carbonyl (C=O) groups excluding carboxylic acids is 1. The lowest BCUT2D eigenvalue weighted by molar-refractivity contribution is 0.112. The van der Waals surface area contributed by atoms with Crippen molar-refractivity contribution in [3.63, 3.8) is 0 Å². The molecule has 5 aromatic rings. The Morgan fingerprint density at radius 2 is 1.33 bits per heavy atom. The first kappa shape index (κ1) is 44.2. The van der Waals surface area contributed by atoms with Gasteiger partial charge >= 0.3 is 0 Å². The summed E-state index contributed by atoms with van der Waals surface area (Å²) in [7, 11) is -18.1. The fourth-order valence-electron chi connectivity index (χ4n) is 5.17. The van der Waals surface area contributed by atoms with Crippen LogP contribution in [0.15, 0.2) is 115 Å². The minimum absolute atomic E-state index is 0.00620. The highest BCUT2D eigenvalue weighted by Crippen LogP contribution is 2.36. The molecule has 0 bridgehead atoms. The minimum Gasteiger partial charge on any atom is -0.491 e. The van der Waals surface area contributed by atoms with E-state index in [1.165, 1.54) is 66.7 Å². The first-order valence-electron chi connectivity index (χ1n) is 17.0. The lowest BCUT2D eigenvalue weighted by Gasteiger charge is -2.15. The lowest BCUT2D eigenvalue weighted by atomic mass is 10.2. The van der Waals surface area contributed by atoms with Crippen LogP contribution in [0.25, 0.3) is 0 Å². The first-order chi connectivity index (χ1) is 28.7. The molecule has 1 unspecified atom stereocenters. The Kier molecular flexibility index (Phi) is 12.8. The van der Waals surface area contributed by atoms with Gasteiger partial charge in [0, 0.05) is 11.6 Å². The summed E-state index contributed by atoms with van der Waals surface area (Å²) in [5.74, 6) is -1.40. The van der Waals surface area contributed by atoms with Crippen molar-refractivity contribution in [2.45, 2.75) is 21.6 Å². The largest absolute Gasteiger partial charge is 0.491 e. The SMILES string of the molecule is O=Cc1cc(N=Nc2cccc(S(=O)(=O)O)c2)ccc1Nc1nc(Nc2ccc(N=Nc3ccccc3S(=O)(=O)O)cc2OCCCS(=O)(=O)O)nc(N2CC2S(=O)(=O)O)n1. The topological polar surface area (TPSA) is 359 Å². The van der Waals surface area contributed by atoms with Crippen molar-refractivity contribution < 1.29 is 61.4 Å². The van der Waals surface area contributed by atoms with Gasteiger partial charge in [-0.05, 0) is 67.1 Å². The lowest BCUT2D eigenvalue weighted by Crippen LogP contribution is -2.15. The summed E-state index contributed by atoms with van der Waals surface area (Å²) < 4.78 is 137. The zero-order valence-corrected chi connectivity index (χ0v) is 33.9. The number of ether oxygens (including phenoxy) is 1. The van der Waals surface area contributed by atoms with E-state index in [9.17, 15) is 52.1 Å². The predicted octanol–water partition coefficient (Wildman–Crippen LogP) is 5.19. The second kappa shape index (κ2) is 17.7. The molecule has 1 fully saturated rings. The number of carbonyl (C=O) groups is 1. The normalized spacial score (nSPS) is 14.6. The number of aldehydes is 1. The van der Waals surface area contributed by atoms with Crippen LogP contribution >= 0.6 is 0 Å². The van der Waals surface area contributed by atoms with Gasteiger partial charge in [0.25, 0.3) is 40.5 Å². The molecule has 4 aromatic carbocycles. The number of benzene rings is 4. The zero-order chi connectivity index (χ0) is 44.2. The van der Waals surface area contributed by atoms with E-state index in [4.69, 9.17) is 9.29 Å². The molecular formula is C33H30N10O14S4. The standard InChI is InChI=1S/C33H30N10O14S4/c44-19-20-15-22(40-39-21-5-3-6-24(16-21)59(48,49)50)9-11-25(20)34-31-36-32(38-33(37-31)43-18-30(43)61(54,55)56)35-26-12-10-23(17-28(26)57-13-4-14-58(45,46)47)41-42-27-7-1-2-8-29(27)60(51,52)53/h1-3,5-12,15-17,19,30H,4,13-14,18H2,(H,45,46,47)(H,48,49,50)(H,51,52,53)(H,54,55,56)(H2,34,35,36,37,38). The van der Waals surface area contributed by atoms with Crippen molar-refractivity contribution >= 4 is 98.7 Å². The molecule has 61 heavy (non-hydrogen) atoms. The maximum Gasteiger partial charge on any atom is 0.296 e. The number of anilines is 5. The van der Waals surface area contributed by atoms with Crippen molar-refractivity contribution in [2.75, 3.05) is 34.4 Å². The second-order valence-electron chi connectivity index (χ2n) is 12.5. The van der Waals surface area contributed by atoms with Crippen LogP contribution in [0.3, 0.4) is 0 Å². The van der Waals surface area contributed by atoms with Crippen LogP contribution in [0.2, 0.25) is 0 Å². The molecule has 1 saturated heterocycles. The maximum absolute atomic E-state index is 12.2. The van der Waals surface area contributed by atoms with E-state index in [0.29, 0.717) is 6.29 Å². The van der Waals surface area contributed by atoms with Gasteiger partial charge < -0.3 is 20.3 Å². The Bertz CT molecular complexity index is 3030. The number of nitrogens with one attached hydrogen (secondary N) is 2. The van der Waals surface area contributed by atoms with Gasteiger partial charge in [0.2, 0.25) is 17.8 Å². The molecule has 0 amide bonds. The number of hydrogen-bond donors (Lipinski definition) is 6. The van der Waals surface area contributed by atoms with E-state index < -0.39 is 61.4 Å². The van der Waals surface area contributed by atoms with Gasteiger partial charge in [-0.1, -0.05) is 18.2 Å². The van der Waals surface area contributed by atoms with Gasteiger partial charge in [0.15, 0.2) is 11.7 Å². The smallest absolute Gasteiger partial charge is 0.296 e. The van der Waals surface area contributed by atoms with Crippen LogP contribution in [-0.4, -0.2) is 97.4 Å². The highest BCUT2D eigenvalue weighted by molar-refractivity contribution is 7.87. The summed E-state index contributed by atoms with van der Waals surface area (Å²) in [5.41, 5.74) is 0.346. The molecule has 28 heteroatoms. The van der Waals surface area contributed by atoms with Crippen LogP contribution in [0.5, 0.6) is 5.75 Å². The average molecular weight is 919 g/mol. The molecule has 1 aliphatic heterocycles. The Balaban J connectivity index is 1.32. The molecule has 1 aliphatic rings. The number of rotatable bonds is 18. The monoisotopic (exact) mass is 918 g/mol. The van der Waals surface area contributed by atoms with Gasteiger partial charge in [0.05, 0.1) is 52.2 Å². The van der Waals surface area contributed by atoms with Crippen LogP contribution < -0.4 is 20.3 Å². The van der Waals surface area contributed by atoms with Gasteiger partial charge in [-0.15, -0.1) is 5.11 Å². The van der Waals surface area contributed by atoms with Crippen molar-refractivity contribution in [3.05, 3.63) is 90.5 Å². The molecule has 1 aromatic heterocycles. The fourth-order valence-corrected chi connectivity index (χ4v) is 7.56.